The number of carboxylic acids is 1. The van der Waals surface area contributed by atoms with Gasteiger partial charge in [-0.2, -0.15) is 0 Å². The number of sulfone groups is 1. The van der Waals surface area contributed by atoms with Crippen LogP contribution in [-0.2, 0) is 14.6 Å². The van der Waals surface area contributed by atoms with E-state index in [1.807, 2.05) is 13.8 Å². The fourth-order valence-electron chi connectivity index (χ4n) is 2.68. The third-order valence-electron chi connectivity index (χ3n) is 3.93. The minimum Gasteiger partial charge on any atom is -0.478 e. The Hall–Kier alpha value is -1.40. The van der Waals surface area contributed by atoms with Gasteiger partial charge < -0.3 is 9.84 Å². The first-order valence-corrected chi connectivity index (χ1v) is 9.06. The molecule has 0 aromatic heterocycles. The quantitative estimate of drug-likeness (QED) is 0.833. The smallest absolute Gasteiger partial charge is 0.336 e. The Balaban J connectivity index is 2.71. The van der Waals surface area contributed by atoms with Gasteiger partial charge in [0.2, 0.25) is 0 Å². The molecule has 1 aliphatic rings. The Morgan fingerprint density at radius 2 is 2.00 bits per heavy atom. The number of hydrogen-bond acceptors (Lipinski definition) is 4. The van der Waals surface area contributed by atoms with Crippen LogP contribution in [0.25, 0.3) is 0 Å². The van der Waals surface area contributed by atoms with Crippen LogP contribution in [0.1, 0.15) is 60.0 Å². The van der Waals surface area contributed by atoms with Crippen LogP contribution in [0, 0.1) is 0 Å². The third-order valence-corrected chi connectivity index (χ3v) is 5.71. The Kier molecular flexibility index (Phi) is 4.92. The molecule has 0 heterocycles. The van der Waals surface area contributed by atoms with E-state index in [0.717, 1.165) is 12.8 Å². The monoisotopic (exact) mass is 326 g/mol. The molecule has 2 rings (SSSR count). The van der Waals surface area contributed by atoms with Crippen molar-refractivity contribution >= 4 is 15.8 Å². The molecule has 5 nitrogen and oxygen atoms in total. The van der Waals surface area contributed by atoms with Gasteiger partial charge in [0, 0.05) is 7.11 Å². The summed E-state index contributed by atoms with van der Waals surface area (Å²) < 4.78 is 30.4. The fourth-order valence-corrected chi connectivity index (χ4v) is 4.54. The van der Waals surface area contributed by atoms with Crippen molar-refractivity contribution in [2.24, 2.45) is 0 Å². The van der Waals surface area contributed by atoms with E-state index in [1.165, 1.54) is 7.11 Å². The third kappa shape index (κ3) is 3.33. The van der Waals surface area contributed by atoms with E-state index < -0.39 is 15.8 Å². The molecule has 1 N–H and O–H groups in total. The van der Waals surface area contributed by atoms with E-state index in [-0.39, 0.29) is 34.7 Å². The number of hydrogen-bond donors (Lipinski definition) is 1. The lowest BCUT2D eigenvalue weighted by Crippen LogP contribution is -2.18. The SMILES string of the molecule is COCCS(=O)(=O)c1c(C(C)C)ccc(C(=O)O)c1C1CC1. The van der Waals surface area contributed by atoms with Crippen molar-refractivity contribution < 1.29 is 23.1 Å². The first kappa shape index (κ1) is 17.0. The highest BCUT2D eigenvalue weighted by molar-refractivity contribution is 7.91. The summed E-state index contributed by atoms with van der Waals surface area (Å²) >= 11 is 0. The topological polar surface area (TPSA) is 80.7 Å². The summed E-state index contributed by atoms with van der Waals surface area (Å²) in [6.07, 6.45) is 1.68. The summed E-state index contributed by atoms with van der Waals surface area (Å²) in [6, 6.07) is 3.18. The zero-order valence-corrected chi connectivity index (χ0v) is 13.9. The molecule has 0 bridgehead atoms. The second-order valence-electron chi connectivity index (χ2n) is 5.99. The molecule has 6 heteroatoms. The van der Waals surface area contributed by atoms with Gasteiger partial charge in [0.05, 0.1) is 22.8 Å². The number of ether oxygens (including phenoxy) is 1. The van der Waals surface area contributed by atoms with Crippen molar-refractivity contribution in [3.63, 3.8) is 0 Å². The first-order chi connectivity index (χ1) is 10.3. The summed E-state index contributed by atoms with van der Waals surface area (Å²) in [4.78, 5) is 11.7. The van der Waals surface area contributed by atoms with E-state index in [9.17, 15) is 18.3 Å². The van der Waals surface area contributed by atoms with Gasteiger partial charge in [0.1, 0.15) is 0 Å². The lowest BCUT2D eigenvalue weighted by molar-refractivity contribution is 0.0695. The Morgan fingerprint density at radius 3 is 2.45 bits per heavy atom. The highest BCUT2D eigenvalue weighted by atomic mass is 32.2. The molecule has 0 aliphatic heterocycles. The van der Waals surface area contributed by atoms with Gasteiger partial charge >= 0.3 is 5.97 Å². The van der Waals surface area contributed by atoms with Gasteiger partial charge in [-0.1, -0.05) is 19.9 Å². The second kappa shape index (κ2) is 6.38. The normalized spacial score (nSPS) is 15.3. The van der Waals surface area contributed by atoms with E-state index in [0.29, 0.717) is 11.1 Å². The number of benzene rings is 1. The van der Waals surface area contributed by atoms with Gasteiger partial charge in [-0.25, -0.2) is 13.2 Å². The molecule has 22 heavy (non-hydrogen) atoms. The molecule has 0 saturated heterocycles. The molecule has 1 saturated carbocycles. The van der Waals surface area contributed by atoms with E-state index in [2.05, 4.69) is 0 Å². The maximum absolute atomic E-state index is 12.8. The largest absolute Gasteiger partial charge is 0.478 e. The maximum atomic E-state index is 12.8. The van der Waals surface area contributed by atoms with Crippen LogP contribution in [0.15, 0.2) is 17.0 Å². The van der Waals surface area contributed by atoms with Crippen LogP contribution in [0.3, 0.4) is 0 Å². The lowest BCUT2D eigenvalue weighted by atomic mass is 9.94. The summed E-state index contributed by atoms with van der Waals surface area (Å²) in [5, 5.41) is 9.42. The zero-order chi connectivity index (χ0) is 16.5. The molecule has 1 aromatic carbocycles. The second-order valence-corrected chi connectivity index (χ2v) is 8.04. The predicted molar refractivity (Wildman–Crippen MR) is 83.4 cm³/mol. The molecular weight excluding hydrogens is 304 g/mol. The van der Waals surface area contributed by atoms with Crippen molar-refractivity contribution in [1.82, 2.24) is 0 Å². The molecule has 1 fully saturated rings. The average molecular weight is 326 g/mol. The van der Waals surface area contributed by atoms with Gasteiger partial charge in [-0.15, -0.1) is 0 Å². The van der Waals surface area contributed by atoms with Crippen molar-refractivity contribution in [2.45, 2.75) is 43.4 Å². The average Bonchev–Trinajstić information content (AvgIpc) is 3.27. The molecule has 1 aromatic rings. The van der Waals surface area contributed by atoms with Crippen LogP contribution >= 0.6 is 0 Å². The lowest BCUT2D eigenvalue weighted by Gasteiger charge is -2.19. The maximum Gasteiger partial charge on any atom is 0.336 e. The molecule has 0 spiro atoms. The molecule has 0 unspecified atom stereocenters. The Morgan fingerprint density at radius 1 is 1.36 bits per heavy atom. The van der Waals surface area contributed by atoms with Crippen LogP contribution in [0.4, 0.5) is 0 Å². The van der Waals surface area contributed by atoms with E-state index >= 15 is 0 Å². The molecule has 0 amide bonds. The molecule has 0 radical (unpaired) electrons. The van der Waals surface area contributed by atoms with E-state index in [4.69, 9.17) is 4.74 Å². The molecule has 1 aliphatic carbocycles. The molecular formula is C16H22O5S. The standard InChI is InChI=1S/C16H22O5S/c1-10(2)12-6-7-13(16(17)18)14(11-4-5-11)15(12)22(19,20)9-8-21-3/h6-7,10-11H,4-5,8-9H2,1-3H3,(H,17,18). The van der Waals surface area contributed by atoms with Gasteiger partial charge in [-0.3, -0.25) is 0 Å². The number of carboxylic acid groups (broad SMARTS) is 1. The van der Waals surface area contributed by atoms with Crippen LogP contribution in [0.5, 0.6) is 0 Å². The Bertz CT molecular complexity index is 672. The highest BCUT2D eigenvalue weighted by Gasteiger charge is 2.36. The number of rotatable bonds is 7. The summed E-state index contributed by atoms with van der Waals surface area (Å²) in [7, 11) is -2.13. The first-order valence-electron chi connectivity index (χ1n) is 7.41. The van der Waals surface area contributed by atoms with Crippen LogP contribution < -0.4 is 0 Å². The summed E-state index contributed by atoms with van der Waals surface area (Å²) in [5.74, 6) is -1.16. The minimum absolute atomic E-state index is 0.00710. The van der Waals surface area contributed by atoms with E-state index in [1.54, 1.807) is 12.1 Å². The highest BCUT2D eigenvalue weighted by Crippen LogP contribution is 2.46. The van der Waals surface area contributed by atoms with Gasteiger partial charge in [-0.05, 0) is 41.9 Å². The number of methoxy groups -OCH3 is 1. The summed E-state index contributed by atoms with van der Waals surface area (Å²) in [5.41, 5.74) is 1.31. The predicted octanol–water partition coefficient (Wildman–Crippen LogP) is 2.81. The number of aromatic carboxylic acids is 1. The fraction of sp³-hybridized carbons (Fsp3) is 0.562. The molecule has 0 atom stereocenters. The van der Waals surface area contributed by atoms with Crippen molar-refractivity contribution in [2.75, 3.05) is 19.5 Å². The van der Waals surface area contributed by atoms with Gasteiger partial charge in [0.25, 0.3) is 0 Å². The Labute approximate surface area is 131 Å². The van der Waals surface area contributed by atoms with Gasteiger partial charge in [0.15, 0.2) is 9.84 Å². The van der Waals surface area contributed by atoms with Crippen LogP contribution in [-0.4, -0.2) is 39.0 Å². The van der Waals surface area contributed by atoms with Crippen molar-refractivity contribution in [3.05, 3.63) is 28.8 Å². The minimum atomic E-state index is -3.58. The van der Waals surface area contributed by atoms with Crippen LogP contribution in [0.2, 0.25) is 0 Å². The zero-order valence-electron chi connectivity index (χ0n) is 13.1. The van der Waals surface area contributed by atoms with Crippen molar-refractivity contribution in [1.29, 1.82) is 0 Å². The summed E-state index contributed by atoms with van der Waals surface area (Å²) in [6.45, 7) is 3.94. The number of carbonyl (C=O) groups is 1. The molecule has 122 valence electrons. The van der Waals surface area contributed by atoms with Crippen molar-refractivity contribution in [3.8, 4) is 0 Å².